The zero-order valence-electron chi connectivity index (χ0n) is 12.6. The molecule has 0 unspecified atom stereocenters. The van der Waals surface area contributed by atoms with Gasteiger partial charge < -0.3 is 20.1 Å². The number of aliphatic hydroxyl groups is 1. The van der Waals surface area contributed by atoms with Crippen LogP contribution in [0.25, 0.3) is 11.0 Å². The topological polar surface area (TPSA) is 92.5 Å². The second-order valence-corrected chi connectivity index (χ2v) is 5.25. The van der Waals surface area contributed by atoms with Crippen molar-refractivity contribution in [1.29, 1.82) is 0 Å². The van der Waals surface area contributed by atoms with Gasteiger partial charge in [0.2, 0.25) is 0 Å². The van der Waals surface area contributed by atoms with E-state index in [0.717, 1.165) is 0 Å². The number of anilines is 1. The van der Waals surface area contributed by atoms with Gasteiger partial charge in [-0.1, -0.05) is 6.07 Å². The number of fused-ring (bicyclic) bond motifs is 1. The number of benzene rings is 1. The smallest absolute Gasteiger partial charge is 0.322 e. The number of nitrogens with one attached hydrogen (secondary N) is 1. The Morgan fingerprint density at radius 3 is 3.00 bits per heavy atom. The number of aromatic nitrogens is 3. The summed E-state index contributed by atoms with van der Waals surface area (Å²) in [5.41, 5.74) is 1.95. The number of ether oxygens (including phenoxy) is 1. The number of carbonyl (C=O) groups is 1. The Morgan fingerprint density at radius 2 is 2.32 bits per heavy atom. The van der Waals surface area contributed by atoms with Crippen LogP contribution >= 0.6 is 0 Å². The van der Waals surface area contributed by atoms with Gasteiger partial charge in [-0.2, -0.15) is 15.0 Å². The van der Waals surface area contributed by atoms with E-state index in [-0.39, 0.29) is 18.7 Å². The van der Waals surface area contributed by atoms with Crippen molar-refractivity contribution in [2.45, 2.75) is 19.1 Å². The van der Waals surface area contributed by atoms with Crippen LogP contribution in [0, 0.1) is 0 Å². The van der Waals surface area contributed by atoms with Crippen molar-refractivity contribution in [1.82, 2.24) is 19.9 Å². The number of carbonyl (C=O) groups excluding carboxylic acids is 1. The quantitative estimate of drug-likeness (QED) is 0.865. The number of likely N-dealkylation sites (N-methyl/N-ethyl adjacent to an activating group) is 1. The average molecular weight is 305 g/mol. The summed E-state index contributed by atoms with van der Waals surface area (Å²) in [6, 6.07) is 4.83. The number of hydrogen-bond acceptors (Lipinski definition) is 5. The predicted molar refractivity (Wildman–Crippen MR) is 80.5 cm³/mol. The molecule has 22 heavy (non-hydrogen) atoms. The molecule has 2 heterocycles. The largest absolute Gasteiger partial charge is 0.388 e. The molecule has 0 aliphatic carbocycles. The third-order valence-corrected chi connectivity index (χ3v) is 3.78. The van der Waals surface area contributed by atoms with E-state index in [1.165, 1.54) is 4.80 Å². The molecule has 1 aliphatic heterocycles. The summed E-state index contributed by atoms with van der Waals surface area (Å²) >= 11 is 0. The van der Waals surface area contributed by atoms with Crippen LogP contribution < -0.4 is 5.32 Å². The number of amides is 2. The molecule has 0 radical (unpaired) electrons. The van der Waals surface area contributed by atoms with Crippen LogP contribution in [-0.4, -0.2) is 62.9 Å². The van der Waals surface area contributed by atoms with Gasteiger partial charge in [-0.05, 0) is 19.1 Å². The molecule has 1 aliphatic rings. The Labute approximate surface area is 127 Å². The lowest BCUT2D eigenvalue weighted by Crippen LogP contribution is -2.48. The van der Waals surface area contributed by atoms with Crippen molar-refractivity contribution < 1.29 is 14.6 Å². The highest BCUT2D eigenvalue weighted by molar-refractivity contribution is 5.98. The SMILES string of the molecule is CCN(C(=O)Nc1cccc2nn(C)nc12)[C@@H]1COC[C@H]1O. The lowest BCUT2D eigenvalue weighted by Gasteiger charge is -2.28. The number of aryl methyl sites for hydroxylation is 1. The maximum absolute atomic E-state index is 12.5. The maximum Gasteiger partial charge on any atom is 0.322 e. The van der Waals surface area contributed by atoms with E-state index in [2.05, 4.69) is 15.5 Å². The Hall–Kier alpha value is -2.19. The fourth-order valence-corrected chi connectivity index (χ4v) is 2.69. The first-order chi connectivity index (χ1) is 10.6. The number of nitrogens with zero attached hydrogens (tertiary/aromatic N) is 4. The first-order valence-electron chi connectivity index (χ1n) is 7.23. The lowest BCUT2D eigenvalue weighted by molar-refractivity contribution is 0.1000. The summed E-state index contributed by atoms with van der Waals surface area (Å²) in [7, 11) is 1.73. The summed E-state index contributed by atoms with van der Waals surface area (Å²) < 4.78 is 5.23. The van der Waals surface area contributed by atoms with Crippen molar-refractivity contribution in [3.05, 3.63) is 18.2 Å². The molecule has 0 saturated carbocycles. The summed E-state index contributed by atoms with van der Waals surface area (Å²) in [5.74, 6) is 0. The highest BCUT2D eigenvalue weighted by Gasteiger charge is 2.33. The van der Waals surface area contributed by atoms with Crippen LogP contribution in [-0.2, 0) is 11.8 Å². The molecule has 1 fully saturated rings. The molecule has 8 heteroatoms. The van der Waals surface area contributed by atoms with Crippen molar-refractivity contribution in [3.8, 4) is 0 Å². The zero-order chi connectivity index (χ0) is 15.7. The van der Waals surface area contributed by atoms with Crippen LogP contribution in [0.4, 0.5) is 10.5 Å². The second kappa shape index (κ2) is 5.90. The molecule has 118 valence electrons. The minimum atomic E-state index is -0.655. The number of hydrogen-bond donors (Lipinski definition) is 2. The monoisotopic (exact) mass is 305 g/mol. The van der Waals surface area contributed by atoms with Crippen molar-refractivity contribution in [2.24, 2.45) is 7.05 Å². The van der Waals surface area contributed by atoms with Crippen LogP contribution in [0.5, 0.6) is 0 Å². The molecular weight excluding hydrogens is 286 g/mol. The molecule has 8 nitrogen and oxygen atoms in total. The first kappa shape index (κ1) is 14.7. The standard InChI is InChI=1S/C14H19N5O3/c1-3-19(11-7-22-8-12(11)20)14(21)15-9-5-4-6-10-13(9)17-18(2)16-10/h4-6,11-12,20H,3,7-8H2,1-2H3,(H,15,21)/t11-,12-/m1/s1. The summed E-state index contributed by atoms with van der Waals surface area (Å²) in [5, 5.41) is 21.2. The molecule has 1 saturated heterocycles. The molecule has 0 bridgehead atoms. The van der Waals surface area contributed by atoms with Crippen molar-refractivity contribution >= 4 is 22.8 Å². The van der Waals surface area contributed by atoms with Gasteiger partial charge in [0.25, 0.3) is 0 Å². The van der Waals surface area contributed by atoms with Crippen LogP contribution in [0.2, 0.25) is 0 Å². The van der Waals surface area contributed by atoms with Crippen LogP contribution in [0.1, 0.15) is 6.92 Å². The highest BCUT2D eigenvalue weighted by Crippen LogP contribution is 2.21. The van der Waals surface area contributed by atoms with E-state index in [4.69, 9.17) is 4.74 Å². The third-order valence-electron chi connectivity index (χ3n) is 3.78. The maximum atomic E-state index is 12.5. The van der Waals surface area contributed by atoms with E-state index in [9.17, 15) is 9.90 Å². The summed E-state index contributed by atoms with van der Waals surface area (Å²) in [6.07, 6.45) is -0.655. The van der Waals surface area contributed by atoms with Crippen LogP contribution in [0.3, 0.4) is 0 Å². The molecule has 2 N–H and O–H groups in total. The molecule has 3 rings (SSSR count). The summed E-state index contributed by atoms with van der Waals surface area (Å²) in [6.45, 7) is 2.95. The normalized spacial score (nSPS) is 21.2. The number of rotatable bonds is 3. The molecule has 1 aromatic heterocycles. The average Bonchev–Trinajstić information content (AvgIpc) is 3.06. The third kappa shape index (κ3) is 2.62. The van der Waals surface area contributed by atoms with E-state index >= 15 is 0 Å². The Balaban J connectivity index is 1.82. The lowest BCUT2D eigenvalue weighted by atomic mass is 10.2. The van der Waals surface area contributed by atoms with Crippen molar-refractivity contribution in [2.75, 3.05) is 25.1 Å². The van der Waals surface area contributed by atoms with Gasteiger partial charge in [-0.15, -0.1) is 0 Å². The molecule has 2 aromatic rings. The van der Waals surface area contributed by atoms with E-state index in [0.29, 0.717) is 29.9 Å². The van der Waals surface area contributed by atoms with Gasteiger partial charge in [0.15, 0.2) is 0 Å². The molecule has 2 atom stereocenters. The zero-order valence-corrected chi connectivity index (χ0v) is 12.6. The fourth-order valence-electron chi connectivity index (χ4n) is 2.69. The van der Waals surface area contributed by atoms with E-state index < -0.39 is 6.10 Å². The van der Waals surface area contributed by atoms with Gasteiger partial charge in [0, 0.05) is 13.6 Å². The van der Waals surface area contributed by atoms with Crippen molar-refractivity contribution in [3.63, 3.8) is 0 Å². The Morgan fingerprint density at radius 1 is 1.50 bits per heavy atom. The van der Waals surface area contributed by atoms with Gasteiger partial charge in [0.1, 0.15) is 11.0 Å². The molecule has 2 amide bonds. The minimum Gasteiger partial charge on any atom is -0.388 e. The summed E-state index contributed by atoms with van der Waals surface area (Å²) in [4.78, 5) is 15.6. The minimum absolute atomic E-state index is 0.258. The van der Waals surface area contributed by atoms with Gasteiger partial charge in [0.05, 0.1) is 31.0 Å². The van der Waals surface area contributed by atoms with E-state index in [1.807, 2.05) is 19.1 Å². The first-order valence-corrected chi connectivity index (χ1v) is 7.23. The van der Waals surface area contributed by atoms with Crippen LogP contribution in [0.15, 0.2) is 18.2 Å². The van der Waals surface area contributed by atoms with Gasteiger partial charge >= 0.3 is 6.03 Å². The Kier molecular flexibility index (Phi) is 3.95. The predicted octanol–water partition coefficient (Wildman–Crippen LogP) is 0.582. The number of urea groups is 1. The molecule has 1 aromatic carbocycles. The molecule has 0 spiro atoms. The fraction of sp³-hybridized carbons (Fsp3) is 0.500. The highest BCUT2D eigenvalue weighted by atomic mass is 16.5. The molecular formula is C14H19N5O3. The van der Waals surface area contributed by atoms with E-state index in [1.54, 1.807) is 18.0 Å². The van der Waals surface area contributed by atoms with Gasteiger partial charge in [-0.25, -0.2) is 4.79 Å². The van der Waals surface area contributed by atoms with Gasteiger partial charge in [-0.3, -0.25) is 0 Å². The second-order valence-electron chi connectivity index (χ2n) is 5.25. The number of aliphatic hydroxyl groups excluding tert-OH is 1. The Bertz CT molecular complexity index is 686.